The second-order valence-corrected chi connectivity index (χ2v) is 7.12. The van der Waals surface area contributed by atoms with Crippen molar-refractivity contribution in [1.29, 1.82) is 0 Å². The van der Waals surface area contributed by atoms with E-state index in [0.29, 0.717) is 42.2 Å². The minimum absolute atomic E-state index is 0.129. The smallest absolute Gasteiger partial charge is 0.247 e. The van der Waals surface area contributed by atoms with Gasteiger partial charge in [0.25, 0.3) is 0 Å². The van der Waals surface area contributed by atoms with Crippen LogP contribution in [-0.4, -0.2) is 22.7 Å². The molecule has 1 aromatic heterocycles. The Labute approximate surface area is 164 Å². The number of nitrogens with one attached hydrogen (secondary N) is 1. The van der Waals surface area contributed by atoms with Gasteiger partial charge in [-0.05, 0) is 37.1 Å². The molecule has 6 nitrogen and oxygen atoms in total. The van der Waals surface area contributed by atoms with Gasteiger partial charge in [0.1, 0.15) is 5.75 Å². The molecule has 0 aliphatic carbocycles. The van der Waals surface area contributed by atoms with Crippen LogP contribution in [0.15, 0.2) is 52.9 Å². The van der Waals surface area contributed by atoms with Crippen molar-refractivity contribution in [2.45, 2.75) is 33.6 Å². The number of benzene rings is 2. The van der Waals surface area contributed by atoms with E-state index < -0.39 is 0 Å². The molecular weight excluding hydrogens is 354 g/mol. The van der Waals surface area contributed by atoms with Crippen molar-refractivity contribution in [2.24, 2.45) is 5.92 Å². The number of carbonyl (C=O) groups is 1. The molecule has 6 heteroatoms. The first-order valence-electron chi connectivity index (χ1n) is 9.42. The van der Waals surface area contributed by atoms with Gasteiger partial charge in [-0.2, -0.15) is 0 Å². The third kappa shape index (κ3) is 5.42. The van der Waals surface area contributed by atoms with E-state index in [4.69, 9.17) is 9.15 Å². The fourth-order valence-electron chi connectivity index (χ4n) is 2.55. The molecule has 0 atom stereocenters. The van der Waals surface area contributed by atoms with E-state index in [2.05, 4.69) is 29.4 Å². The zero-order valence-electron chi connectivity index (χ0n) is 16.4. The van der Waals surface area contributed by atoms with E-state index in [1.807, 2.05) is 55.5 Å². The zero-order valence-corrected chi connectivity index (χ0v) is 16.4. The van der Waals surface area contributed by atoms with E-state index >= 15 is 0 Å². The molecule has 28 heavy (non-hydrogen) atoms. The van der Waals surface area contributed by atoms with Crippen molar-refractivity contribution in [1.82, 2.24) is 10.2 Å². The topological polar surface area (TPSA) is 77.2 Å². The molecule has 1 heterocycles. The van der Waals surface area contributed by atoms with Gasteiger partial charge in [-0.15, -0.1) is 10.2 Å². The standard InChI is InChI=1S/C22H25N3O3/c1-15(2)14-27-19-7-5-4-6-18(19)23-20(26)12-13-21-24-25-22(28-21)17-10-8-16(3)9-11-17/h4-11,15H,12-14H2,1-3H3,(H,23,26). The van der Waals surface area contributed by atoms with Crippen LogP contribution in [-0.2, 0) is 11.2 Å². The van der Waals surface area contributed by atoms with Crippen LogP contribution in [0.25, 0.3) is 11.5 Å². The molecule has 1 N–H and O–H groups in total. The van der Waals surface area contributed by atoms with E-state index in [9.17, 15) is 4.79 Å². The van der Waals surface area contributed by atoms with Gasteiger partial charge in [0.05, 0.1) is 12.3 Å². The first-order chi connectivity index (χ1) is 13.5. The fourth-order valence-corrected chi connectivity index (χ4v) is 2.55. The first-order valence-corrected chi connectivity index (χ1v) is 9.42. The van der Waals surface area contributed by atoms with Crippen molar-refractivity contribution in [3.8, 4) is 17.2 Å². The summed E-state index contributed by atoms with van der Waals surface area (Å²) >= 11 is 0. The SMILES string of the molecule is Cc1ccc(-c2nnc(CCC(=O)Nc3ccccc3OCC(C)C)o2)cc1. The van der Waals surface area contributed by atoms with E-state index in [1.165, 1.54) is 0 Å². The second-order valence-electron chi connectivity index (χ2n) is 7.12. The lowest BCUT2D eigenvalue weighted by atomic mass is 10.1. The van der Waals surface area contributed by atoms with Crippen LogP contribution in [0.3, 0.4) is 0 Å². The number of rotatable bonds is 8. The molecule has 0 fully saturated rings. The highest BCUT2D eigenvalue weighted by atomic mass is 16.5. The van der Waals surface area contributed by atoms with Gasteiger partial charge >= 0.3 is 0 Å². The summed E-state index contributed by atoms with van der Waals surface area (Å²) in [4.78, 5) is 12.3. The van der Waals surface area contributed by atoms with Gasteiger partial charge in [0.15, 0.2) is 0 Å². The maximum Gasteiger partial charge on any atom is 0.247 e. The number of amides is 1. The Morgan fingerprint density at radius 2 is 1.86 bits per heavy atom. The van der Waals surface area contributed by atoms with Crippen LogP contribution in [0, 0.1) is 12.8 Å². The summed E-state index contributed by atoms with van der Waals surface area (Å²) in [6.07, 6.45) is 0.619. The number of para-hydroxylation sites is 2. The average molecular weight is 379 g/mol. The van der Waals surface area contributed by atoms with Crippen molar-refractivity contribution in [3.05, 3.63) is 60.0 Å². The van der Waals surface area contributed by atoms with Gasteiger partial charge in [-0.1, -0.05) is 43.7 Å². The highest BCUT2D eigenvalue weighted by Gasteiger charge is 2.12. The Morgan fingerprint density at radius 1 is 1.11 bits per heavy atom. The molecule has 3 rings (SSSR count). The molecule has 0 aliphatic heterocycles. The maximum atomic E-state index is 12.3. The summed E-state index contributed by atoms with van der Waals surface area (Å²) in [7, 11) is 0. The largest absolute Gasteiger partial charge is 0.491 e. The Morgan fingerprint density at radius 3 is 2.61 bits per heavy atom. The first kappa shape index (κ1) is 19.6. The molecule has 0 saturated heterocycles. The number of aromatic nitrogens is 2. The van der Waals surface area contributed by atoms with Gasteiger partial charge in [0.2, 0.25) is 17.7 Å². The van der Waals surface area contributed by atoms with Crippen molar-refractivity contribution in [3.63, 3.8) is 0 Å². The predicted molar refractivity (Wildman–Crippen MR) is 108 cm³/mol. The van der Waals surface area contributed by atoms with Crippen LogP contribution in [0.5, 0.6) is 5.75 Å². The molecular formula is C22H25N3O3. The average Bonchev–Trinajstić information content (AvgIpc) is 3.15. The highest BCUT2D eigenvalue weighted by Crippen LogP contribution is 2.25. The molecule has 3 aromatic rings. The number of nitrogens with zero attached hydrogens (tertiary/aromatic N) is 2. The normalized spacial score (nSPS) is 10.9. The van der Waals surface area contributed by atoms with Crippen LogP contribution in [0.1, 0.15) is 31.7 Å². The minimum atomic E-state index is -0.129. The Hall–Kier alpha value is -3.15. The number of hydrogen-bond donors (Lipinski definition) is 1. The molecule has 0 spiro atoms. The molecule has 0 radical (unpaired) electrons. The van der Waals surface area contributed by atoms with Gasteiger partial charge in [-0.25, -0.2) is 0 Å². The van der Waals surface area contributed by atoms with Crippen LogP contribution in [0.4, 0.5) is 5.69 Å². The van der Waals surface area contributed by atoms with Gasteiger partial charge in [0, 0.05) is 18.4 Å². The van der Waals surface area contributed by atoms with Crippen molar-refractivity contribution >= 4 is 11.6 Å². The summed E-state index contributed by atoms with van der Waals surface area (Å²) in [5.74, 6) is 1.85. The molecule has 0 unspecified atom stereocenters. The summed E-state index contributed by atoms with van der Waals surface area (Å²) in [5.41, 5.74) is 2.70. The number of ether oxygens (including phenoxy) is 1. The number of carbonyl (C=O) groups excluding carboxylic acids is 1. The van der Waals surface area contributed by atoms with E-state index in [1.54, 1.807) is 0 Å². The lowest BCUT2D eigenvalue weighted by molar-refractivity contribution is -0.116. The van der Waals surface area contributed by atoms with Crippen molar-refractivity contribution < 1.29 is 13.9 Å². The Balaban J connectivity index is 1.56. The third-order valence-electron chi connectivity index (χ3n) is 4.06. The van der Waals surface area contributed by atoms with Gasteiger partial charge in [-0.3, -0.25) is 4.79 Å². The van der Waals surface area contributed by atoms with Crippen molar-refractivity contribution in [2.75, 3.05) is 11.9 Å². The lowest BCUT2D eigenvalue weighted by Crippen LogP contribution is -2.14. The quantitative estimate of drug-likeness (QED) is 0.616. The van der Waals surface area contributed by atoms with E-state index in [-0.39, 0.29) is 12.3 Å². The number of anilines is 1. The maximum absolute atomic E-state index is 12.3. The molecule has 146 valence electrons. The second kappa shape index (κ2) is 9.17. The third-order valence-corrected chi connectivity index (χ3v) is 4.06. The molecule has 0 aliphatic rings. The monoisotopic (exact) mass is 379 g/mol. The van der Waals surface area contributed by atoms with Gasteiger partial charge < -0.3 is 14.5 Å². The Kier molecular flexibility index (Phi) is 6.42. The van der Waals surface area contributed by atoms with Crippen LogP contribution in [0.2, 0.25) is 0 Å². The minimum Gasteiger partial charge on any atom is -0.491 e. The molecule has 0 saturated carbocycles. The number of hydrogen-bond acceptors (Lipinski definition) is 5. The number of aryl methyl sites for hydroxylation is 2. The zero-order chi connectivity index (χ0) is 19.9. The van der Waals surface area contributed by atoms with Crippen LogP contribution < -0.4 is 10.1 Å². The summed E-state index contributed by atoms with van der Waals surface area (Å²) in [6.45, 7) is 6.78. The highest BCUT2D eigenvalue weighted by molar-refractivity contribution is 5.92. The lowest BCUT2D eigenvalue weighted by Gasteiger charge is -2.13. The summed E-state index contributed by atoms with van der Waals surface area (Å²) in [6, 6.07) is 15.3. The summed E-state index contributed by atoms with van der Waals surface area (Å²) in [5, 5.41) is 11.0. The Bertz CT molecular complexity index is 917. The molecule has 1 amide bonds. The molecule has 2 aromatic carbocycles. The van der Waals surface area contributed by atoms with E-state index in [0.717, 1.165) is 11.1 Å². The summed E-state index contributed by atoms with van der Waals surface area (Å²) < 4.78 is 11.4. The fraction of sp³-hybridized carbons (Fsp3) is 0.318. The molecule has 0 bridgehead atoms. The van der Waals surface area contributed by atoms with Crippen LogP contribution >= 0.6 is 0 Å². The predicted octanol–water partition coefficient (Wildman–Crippen LogP) is 4.65.